The number of fused-ring (bicyclic) bond motifs is 1. The second-order valence-electron chi connectivity index (χ2n) is 8.11. The Morgan fingerprint density at radius 3 is 2.69 bits per heavy atom. The number of anilines is 2. The third-order valence-electron chi connectivity index (χ3n) is 4.89. The van der Waals surface area contributed by atoms with Gasteiger partial charge in [0, 0.05) is 37.5 Å². The van der Waals surface area contributed by atoms with E-state index in [1.165, 1.54) is 18.5 Å². The first-order chi connectivity index (χ1) is 15.2. The van der Waals surface area contributed by atoms with E-state index in [9.17, 15) is 9.18 Å². The molecule has 9 heteroatoms. The van der Waals surface area contributed by atoms with Crippen molar-refractivity contribution in [3.63, 3.8) is 0 Å². The quantitative estimate of drug-likeness (QED) is 0.511. The number of carbonyl (C=O) groups excluding carboxylic acids is 1. The second kappa shape index (κ2) is 9.95. The first-order valence-electron chi connectivity index (χ1n) is 10.3. The molecule has 32 heavy (non-hydrogen) atoms. The van der Waals surface area contributed by atoms with Gasteiger partial charge in [-0.05, 0) is 49.6 Å². The highest BCUT2D eigenvalue weighted by atomic mass is 32.1. The fourth-order valence-corrected chi connectivity index (χ4v) is 3.64. The normalized spacial score (nSPS) is 12.0. The van der Waals surface area contributed by atoms with Crippen LogP contribution in [-0.4, -0.2) is 40.5 Å². The van der Waals surface area contributed by atoms with Gasteiger partial charge in [0.05, 0.1) is 16.9 Å². The smallest absolute Gasteiger partial charge is 0.263 e. The average molecular weight is 456 g/mol. The van der Waals surface area contributed by atoms with E-state index < -0.39 is 11.9 Å². The largest absolute Gasteiger partial charge is 0.479 e. The molecule has 0 fully saturated rings. The van der Waals surface area contributed by atoms with Crippen LogP contribution in [-0.2, 0) is 17.2 Å². The number of hydrogen-bond acceptors (Lipinski definition) is 7. The molecule has 0 aliphatic carbocycles. The lowest BCUT2D eigenvalue weighted by atomic mass is 10.1. The van der Waals surface area contributed by atoms with E-state index in [4.69, 9.17) is 17.2 Å². The first kappa shape index (κ1) is 23.5. The number of benzene rings is 2. The van der Waals surface area contributed by atoms with Crippen molar-refractivity contribution in [3.05, 3.63) is 48.0 Å². The van der Waals surface area contributed by atoms with Gasteiger partial charge < -0.3 is 15.0 Å². The summed E-state index contributed by atoms with van der Waals surface area (Å²) in [6.45, 7) is 8.23. The van der Waals surface area contributed by atoms with Gasteiger partial charge in [0.15, 0.2) is 6.10 Å². The lowest BCUT2D eigenvalue weighted by Gasteiger charge is -2.24. The van der Waals surface area contributed by atoms with Crippen molar-refractivity contribution < 1.29 is 13.9 Å². The second-order valence-corrected chi connectivity index (χ2v) is 8.29. The third-order valence-corrected chi connectivity index (χ3v) is 5.10. The molecule has 1 amide bonds. The molecular formula is C23H26FN5O2S. The van der Waals surface area contributed by atoms with Crippen LogP contribution in [0, 0.1) is 18.7 Å². The van der Waals surface area contributed by atoms with Crippen LogP contribution in [0.15, 0.2) is 41.0 Å². The molecule has 1 aromatic heterocycles. The summed E-state index contributed by atoms with van der Waals surface area (Å²) in [5, 5.41) is 3.99. The van der Waals surface area contributed by atoms with Crippen LogP contribution in [0.2, 0.25) is 0 Å². The summed E-state index contributed by atoms with van der Waals surface area (Å²) in [6.07, 6.45) is 0.634. The molecule has 7 nitrogen and oxygen atoms in total. The molecule has 0 radical (unpaired) electrons. The fourth-order valence-electron chi connectivity index (χ4n) is 3.53. The molecule has 0 saturated heterocycles. The summed E-state index contributed by atoms with van der Waals surface area (Å²) in [4.78, 5) is 22.9. The van der Waals surface area contributed by atoms with Crippen molar-refractivity contribution in [2.75, 3.05) is 18.9 Å². The molecule has 1 heterocycles. The molecule has 2 aromatic carbocycles. The zero-order valence-corrected chi connectivity index (χ0v) is 19.5. The molecule has 1 atom stereocenters. The molecule has 3 aromatic rings. The van der Waals surface area contributed by atoms with Gasteiger partial charge in [-0.25, -0.2) is 14.4 Å². The third kappa shape index (κ3) is 5.34. The van der Waals surface area contributed by atoms with E-state index in [1.54, 1.807) is 31.0 Å². The van der Waals surface area contributed by atoms with Gasteiger partial charge in [0.2, 0.25) is 0 Å². The summed E-state index contributed by atoms with van der Waals surface area (Å²) in [6, 6.07) is 7.73. The Hall–Kier alpha value is -3.20. The van der Waals surface area contributed by atoms with E-state index in [2.05, 4.69) is 19.6 Å². The van der Waals surface area contributed by atoms with E-state index in [0.717, 1.165) is 10.9 Å². The number of carbonyl (C=O) groups is 1. The minimum Gasteiger partial charge on any atom is -0.479 e. The minimum atomic E-state index is -0.791. The molecule has 0 bridgehead atoms. The van der Waals surface area contributed by atoms with Crippen molar-refractivity contribution >= 4 is 46.4 Å². The zero-order valence-electron chi connectivity index (χ0n) is 18.7. The van der Waals surface area contributed by atoms with Crippen molar-refractivity contribution in [1.82, 2.24) is 14.9 Å². The van der Waals surface area contributed by atoms with Crippen molar-refractivity contribution in [2.24, 2.45) is 10.3 Å². The maximum absolute atomic E-state index is 14.0. The maximum Gasteiger partial charge on any atom is 0.263 e. The number of ether oxygens (including phenoxy) is 1. The number of aryl methyl sites for hydroxylation is 1. The number of nitrogens with zero attached hydrogens (tertiary/aromatic N) is 4. The zero-order chi connectivity index (χ0) is 23.4. The maximum atomic E-state index is 14.0. The van der Waals surface area contributed by atoms with Crippen molar-refractivity contribution in [2.45, 2.75) is 33.8 Å². The van der Waals surface area contributed by atoms with E-state index in [0.29, 0.717) is 35.2 Å². The molecule has 0 spiro atoms. The Labute approximate surface area is 192 Å². The Morgan fingerprint density at radius 2 is 2.00 bits per heavy atom. The molecule has 0 saturated carbocycles. The van der Waals surface area contributed by atoms with Crippen LogP contribution < -0.4 is 10.1 Å². The molecule has 0 aliphatic heterocycles. The molecule has 0 aliphatic rings. The van der Waals surface area contributed by atoms with Gasteiger partial charge >= 0.3 is 0 Å². The molecular weight excluding hydrogens is 429 g/mol. The highest BCUT2D eigenvalue weighted by Gasteiger charge is 2.22. The number of aromatic nitrogens is 2. The molecule has 0 unspecified atom stereocenters. The Balaban J connectivity index is 1.92. The van der Waals surface area contributed by atoms with Crippen LogP contribution in [0.1, 0.15) is 26.3 Å². The monoisotopic (exact) mass is 455 g/mol. The highest BCUT2D eigenvalue weighted by molar-refractivity contribution is 7.47. The summed E-state index contributed by atoms with van der Waals surface area (Å²) in [5.41, 5.74) is 2.68. The minimum absolute atomic E-state index is 0.183. The number of rotatable bonds is 8. The summed E-state index contributed by atoms with van der Waals surface area (Å²) >= 11 is 4.79. The van der Waals surface area contributed by atoms with Crippen LogP contribution >= 0.6 is 0 Å². The fraction of sp³-hybridized carbons (Fsp3) is 0.348. The topological polar surface area (TPSA) is 79.7 Å². The van der Waals surface area contributed by atoms with Crippen molar-refractivity contribution in [1.29, 1.82) is 0 Å². The first-order valence-corrected chi connectivity index (χ1v) is 10.6. The lowest BCUT2D eigenvalue weighted by Crippen LogP contribution is -2.39. The van der Waals surface area contributed by atoms with Gasteiger partial charge in [-0.2, -0.15) is 4.36 Å². The number of halogens is 1. The Kier molecular flexibility index (Phi) is 7.29. The predicted molar refractivity (Wildman–Crippen MR) is 126 cm³/mol. The van der Waals surface area contributed by atoms with Gasteiger partial charge in [-0.3, -0.25) is 4.79 Å². The van der Waals surface area contributed by atoms with E-state index in [1.807, 2.05) is 26.8 Å². The van der Waals surface area contributed by atoms with Gasteiger partial charge in [-0.1, -0.05) is 13.8 Å². The number of amides is 1. The SMILES string of the molecule is Cc1cc(N=S)cc2ncnc(Nc3ccc(F)cc3O[C@H](C)C(=O)N(C)CC(C)C)c12. The number of hydrogen-bond donors (Lipinski definition) is 1. The van der Waals surface area contributed by atoms with Crippen LogP contribution in [0.5, 0.6) is 5.75 Å². The summed E-state index contributed by atoms with van der Waals surface area (Å²) < 4.78 is 23.7. The van der Waals surface area contributed by atoms with Gasteiger partial charge in [0.25, 0.3) is 5.91 Å². The van der Waals surface area contributed by atoms with E-state index >= 15 is 0 Å². The number of likely N-dealkylation sites (N-methyl/N-ethyl adjacent to an activating group) is 1. The lowest BCUT2D eigenvalue weighted by molar-refractivity contribution is -0.137. The van der Waals surface area contributed by atoms with Crippen LogP contribution in [0.3, 0.4) is 0 Å². The Morgan fingerprint density at radius 1 is 1.25 bits per heavy atom. The van der Waals surface area contributed by atoms with Crippen LogP contribution in [0.4, 0.5) is 21.6 Å². The molecule has 3 rings (SSSR count). The average Bonchev–Trinajstić information content (AvgIpc) is 2.74. The molecule has 1 N–H and O–H groups in total. The highest BCUT2D eigenvalue weighted by Crippen LogP contribution is 2.34. The van der Waals surface area contributed by atoms with Gasteiger partial charge in [-0.15, -0.1) is 0 Å². The van der Waals surface area contributed by atoms with Crippen molar-refractivity contribution in [3.8, 4) is 5.75 Å². The summed E-state index contributed by atoms with van der Waals surface area (Å²) in [5.74, 6) is 0.408. The predicted octanol–water partition coefficient (Wildman–Crippen LogP) is 5.06. The molecule has 168 valence electrons. The Bertz CT molecular complexity index is 1150. The van der Waals surface area contributed by atoms with Gasteiger partial charge in [0.1, 0.15) is 23.7 Å². The van der Waals surface area contributed by atoms with Crippen LogP contribution in [0.25, 0.3) is 10.9 Å². The summed E-state index contributed by atoms with van der Waals surface area (Å²) in [7, 11) is 1.73. The number of nitrogens with one attached hydrogen (secondary N) is 1. The van der Waals surface area contributed by atoms with E-state index in [-0.39, 0.29) is 11.7 Å². The standard InChI is InChI=1S/C23H26FN5O2S/c1-13(2)11-29(5)23(30)15(4)31-20-9-16(24)6-7-18(20)27-22-21-14(3)8-17(28-32)10-19(21)25-12-26-22/h6-10,12-13,15H,11H2,1-5H3,(H,25,26,27)/t15-/m1/s1.